The van der Waals surface area contributed by atoms with Gasteiger partial charge in [0.25, 0.3) is 0 Å². The third-order valence-corrected chi connectivity index (χ3v) is 6.80. The normalized spacial score (nSPS) is 12.1. The van der Waals surface area contributed by atoms with Crippen LogP contribution in [0.5, 0.6) is 0 Å². The third kappa shape index (κ3) is 8.17. The van der Waals surface area contributed by atoms with Crippen molar-refractivity contribution in [3.63, 3.8) is 0 Å². The van der Waals surface area contributed by atoms with Crippen LogP contribution in [0.4, 0.5) is 5.69 Å². The van der Waals surface area contributed by atoms with Crippen molar-refractivity contribution in [3.8, 4) is 0 Å². The number of rotatable bonds is 13. The quantitative estimate of drug-likeness (QED) is 0.465. The van der Waals surface area contributed by atoms with Gasteiger partial charge < -0.3 is 10.2 Å². The second-order valence-electron chi connectivity index (χ2n) is 8.50. The lowest BCUT2D eigenvalue weighted by atomic mass is 10.1. The lowest BCUT2D eigenvalue weighted by molar-refractivity contribution is -0.141. The number of hydrogen-bond donors (Lipinski definition) is 1. The van der Waals surface area contributed by atoms with Crippen molar-refractivity contribution in [2.45, 2.75) is 59.0 Å². The van der Waals surface area contributed by atoms with Crippen LogP contribution in [-0.4, -0.2) is 50.5 Å². The fourth-order valence-corrected chi connectivity index (χ4v) is 4.75. The SMILES string of the molecule is CCCNC(=O)C(CC)N(Cc1ccccc1)C(=O)CCCN(c1ccc(C)cc1)S(C)(=O)=O. The van der Waals surface area contributed by atoms with E-state index >= 15 is 0 Å². The Balaban J connectivity index is 2.16. The Kier molecular flexibility index (Phi) is 10.6. The molecule has 2 rings (SSSR count). The lowest BCUT2D eigenvalue weighted by Crippen LogP contribution is -2.49. The topological polar surface area (TPSA) is 86.8 Å². The number of sulfonamides is 1. The molecule has 2 aromatic carbocycles. The van der Waals surface area contributed by atoms with Crippen LogP contribution in [0, 0.1) is 6.92 Å². The first-order chi connectivity index (χ1) is 16.2. The summed E-state index contributed by atoms with van der Waals surface area (Å²) in [6.45, 7) is 6.88. The molecule has 0 saturated carbocycles. The van der Waals surface area contributed by atoms with E-state index in [0.717, 1.165) is 17.5 Å². The van der Waals surface area contributed by atoms with Crippen LogP contribution >= 0.6 is 0 Å². The highest BCUT2D eigenvalue weighted by Gasteiger charge is 2.28. The summed E-state index contributed by atoms with van der Waals surface area (Å²) in [7, 11) is -3.50. The molecule has 0 aliphatic rings. The Labute approximate surface area is 204 Å². The molecule has 0 aliphatic carbocycles. The standard InChI is InChI=1S/C26H37N3O4S/c1-5-18-27-26(31)24(6-2)28(20-22-11-8-7-9-12-22)25(30)13-10-19-29(34(4,32)33)23-16-14-21(3)15-17-23/h7-9,11-12,14-17,24H,5-6,10,13,18-20H2,1-4H3,(H,27,31). The summed E-state index contributed by atoms with van der Waals surface area (Å²) in [5.74, 6) is -0.328. The average molecular weight is 488 g/mol. The number of nitrogens with zero attached hydrogens (tertiary/aromatic N) is 2. The van der Waals surface area contributed by atoms with Crippen molar-refractivity contribution >= 4 is 27.5 Å². The molecule has 0 saturated heterocycles. The Morgan fingerprint density at radius 2 is 1.65 bits per heavy atom. The van der Waals surface area contributed by atoms with E-state index in [1.807, 2.05) is 63.2 Å². The highest BCUT2D eigenvalue weighted by atomic mass is 32.2. The Bertz CT molecular complexity index is 1020. The number of aryl methyl sites for hydroxylation is 1. The van der Waals surface area contributed by atoms with Crippen LogP contribution in [0.3, 0.4) is 0 Å². The summed E-state index contributed by atoms with van der Waals surface area (Å²) in [6, 6.07) is 16.3. The highest BCUT2D eigenvalue weighted by molar-refractivity contribution is 7.92. The molecule has 2 amide bonds. The predicted octanol–water partition coefficient (Wildman–Crippen LogP) is 3.87. The van der Waals surface area contributed by atoms with Gasteiger partial charge in [-0.25, -0.2) is 8.42 Å². The number of carbonyl (C=O) groups is 2. The molecular formula is C26H37N3O4S. The summed E-state index contributed by atoms with van der Waals surface area (Å²) in [5.41, 5.74) is 2.55. The number of hydrogen-bond acceptors (Lipinski definition) is 4. The minimum Gasteiger partial charge on any atom is -0.354 e. The molecule has 34 heavy (non-hydrogen) atoms. The van der Waals surface area contributed by atoms with Crippen LogP contribution in [0.1, 0.15) is 50.7 Å². The van der Waals surface area contributed by atoms with Gasteiger partial charge >= 0.3 is 0 Å². The van der Waals surface area contributed by atoms with Crippen LogP contribution < -0.4 is 9.62 Å². The van der Waals surface area contributed by atoms with Crippen molar-refractivity contribution in [1.29, 1.82) is 0 Å². The first kappa shape index (κ1) is 27.4. The van der Waals surface area contributed by atoms with E-state index in [1.165, 1.54) is 10.6 Å². The van der Waals surface area contributed by atoms with E-state index in [0.29, 0.717) is 31.6 Å². The smallest absolute Gasteiger partial charge is 0.242 e. The summed E-state index contributed by atoms with van der Waals surface area (Å²) in [4.78, 5) is 27.7. The van der Waals surface area contributed by atoms with E-state index in [2.05, 4.69) is 5.32 Å². The summed E-state index contributed by atoms with van der Waals surface area (Å²) in [5, 5.41) is 2.90. The monoisotopic (exact) mass is 487 g/mol. The van der Waals surface area contributed by atoms with E-state index in [9.17, 15) is 18.0 Å². The van der Waals surface area contributed by atoms with E-state index in [1.54, 1.807) is 17.0 Å². The molecule has 8 heteroatoms. The van der Waals surface area contributed by atoms with Crippen molar-refractivity contribution < 1.29 is 18.0 Å². The van der Waals surface area contributed by atoms with Gasteiger partial charge in [-0.1, -0.05) is 61.9 Å². The van der Waals surface area contributed by atoms with Gasteiger partial charge in [0.05, 0.1) is 11.9 Å². The second-order valence-corrected chi connectivity index (χ2v) is 10.4. The Hall–Kier alpha value is -2.87. The van der Waals surface area contributed by atoms with Gasteiger partial charge in [-0.15, -0.1) is 0 Å². The van der Waals surface area contributed by atoms with Gasteiger partial charge in [-0.05, 0) is 43.9 Å². The van der Waals surface area contributed by atoms with Crippen molar-refractivity contribution in [1.82, 2.24) is 10.2 Å². The van der Waals surface area contributed by atoms with Crippen molar-refractivity contribution in [2.24, 2.45) is 0 Å². The summed E-state index contributed by atoms with van der Waals surface area (Å²) in [6.07, 6.45) is 2.96. The van der Waals surface area contributed by atoms with Crippen LogP contribution in [0.15, 0.2) is 54.6 Å². The van der Waals surface area contributed by atoms with E-state index in [4.69, 9.17) is 0 Å². The molecule has 0 bridgehead atoms. The zero-order chi connectivity index (χ0) is 25.1. The number of benzene rings is 2. The zero-order valence-corrected chi connectivity index (χ0v) is 21.5. The second kappa shape index (κ2) is 13.1. The van der Waals surface area contributed by atoms with Gasteiger partial charge in [0, 0.05) is 26.1 Å². The fourth-order valence-electron chi connectivity index (χ4n) is 3.78. The molecule has 0 radical (unpaired) electrons. The van der Waals surface area contributed by atoms with Gasteiger partial charge in [0.15, 0.2) is 0 Å². The first-order valence-electron chi connectivity index (χ1n) is 11.8. The van der Waals surface area contributed by atoms with E-state index < -0.39 is 16.1 Å². The molecule has 186 valence electrons. The highest BCUT2D eigenvalue weighted by Crippen LogP contribution is 2.20. The van der Waals surface area contributed by atoms with Crippen LogP contribution in [-0.2, 0) is 26.2 Å². The predicted molar refractivity (Wildman–Crippen MR) is 137 cm³/mol. The minimum atomic E-state index is -3.50. The third-order valence-electron chi connectivity index (χ3n) is 5.61. The van der Waals surface area contributed by atoms with Gasteiger partial charge in [0.1, 0.15) is 6.04 Å². The molecule has 0 heterocycles. The fraction of sp³-hybridized carbons (Fsp3) is 0.462. The van der Waals surface area contributed by atoms with Gasteiger partial charge in [-0.3, -0.25) is 13.9 Å². The molecule has 1 atom stereocenters. The first-order valence-corrected chi connectivity index (χ1v) is 13.7. The Morgan fingerprint density at radius 3 is 2.21 bits per heavy atom. The maximum Gasteiger partial charge on any atom is 0.242 e. The Morgan fingerprint density at radius 1 is 1.00 bits per heavy atom. The zero-order valence-electron chi connectivity index (χ0n) is 20.7. The van der Waals surface area contributed by atoms with Crippen molar-refractivity contribution in [2.75, 3.05) is 23.7 Å². The number of carbonyl (C=O) groups excluding carboxylic acids is 2. The maximum absolute atomic E-state index is 13.3. The largest absolute Gasteiger partial charge is 0.354 e. The number of amides is 2. The molecule has 0 aromatic heterocycles. The molecule has 1 N–H and O–H groups in total. The number of nitrogens with one attached hydrogen (secondary N) is 1. The summed E-state index contributed by atoms with van der Waals surface area (Å²) >= 11 is 0. The average Bonchev–Trinajstić information content (AvgIpc) is 2.81. The van der Waals surface area contributed by atoms with Gasteiger partial charge in [-0.2, -0.15) is 0 Å². The molecule has 0 fully saturated rings. The molecule has 0 aliphatic heterocycles. The van der Waals surface area contributed by atoms with Gasteiger partial charge in [0.2, 0.25) is 21.8 Å². The molecule has 1 unspecified atom stereocenters. The van der Waals surface area contributed by atoms with Crippen LogP contribution in [0.25, 0.3) is 0 Å². The lowest BCUT2D eigenvalue weighted by Gasteiger charge is -2.31. The molecule has 2 aromatic rings. The van der Waals surface area contributed by atoms with E-state index in [-0.39, 0.29) is 24.8 Å². The molecular weight excluding hydrogens is 450 g/mol. The molecule has 0 spiro atoms. The maximum atomic E-state index is 13.3. The summed E-state index contributed by atoms with van der Waals surface area (Å²) < 4.78 is 26.1. The van der Waals surface area contributed by atoms with Crippen molar-refractivity contribution in [3.05, 3.63) is 65.7 Å². The van der Waals surface area contributed by atoms with Crippen LogP contribution in [0.2, 0.25) is 0 Å². The minimum absolute atomic E-state index is 0.141. The molecule has 7 nitrogen and oxygen atoms in total. The number of anilines is 1.